The maximum atomic E-state index is 13.0. The number of amides is 2. The van der Waals surface area contributed by atoms with E-state index in [4.69, 9.17) is 15.7 Å². The van der Waals surface area contributed by atoms with Crippen LogP contribution in [0.3, 0.4) is 0 Å². The van der Waals surface area contributed by atoms with Crippen LogP contribution >= 0.6 is 0 Å². The fraction of sp³-hybridized carbons (Fsp3) is 0.375. The Morgan fingerprint density at radius 2 is 1.97 bits per heavy atom. The number of hydrogen-bond acceptors (Lipinski definition) is 5. The summed E-state index contributed by atoms with van der Waals surface area (Å²) in [7, 11) is 0. The second-order valence-electron chi connectivity index (χ2n) is 8.29. The van der Waals surface area contributed by atoms with Crippen molar-refractivity contribution in [1.29, 1.82) is 0 Å². The monoisotopic (exact) mass is 438 g/mol. The third-order valence-corrected chi connectivity index (χ3v) is 5.26. The van der Waals surface area contributed by atoms with Gasteiger partial charge in [0, 0.05) is 29.9 Å². The average Bonchev–Trinajstić information content (AvgIpc) is 2.79. The lowest BCUT2D eigenvalue weighted by Crippen LogP contribution is -2.35. The fourth-order valence-electron chi connectivity index (χ4n) is 3.61. The molecule has 0 bridgehead atoms. The van der Waals surface area contributed by atoms with Gasteiger partial charge in [0.25, 0.3) is 5.91 Å². The van der Waals surface area contributed by atoms with Crippen LogP contribution < -0.4 is 20.7 Å². The van der Waals surface area contributed by atoms with Gasteiger partial charge in [0.2, 0.25) is 5.91 Å². The van der Waals surface area contributed by atoms with Crippen molar-refractivity contribution < 1.29 is 19.5 Å². The molecular formula is C24H30N4O4. The molecule has 32 heavy (non-hydrogen) atoms. The van der Waals surface area contributed by atoms with Gasteiger partial charge in [-0.3, -0.25) is 9.59 Å². The van der Waals surface area contributed by atoms with E-state index in [2.05, 4.69) is 10.5 Å². The number of ether oxygens (including phenoxy) is 1. The molecule has 2 aromatic carbocycles. The molecule has 4 N–H and O–H groups in total. The lowest BCUT2D eigenvalue weighted by Gasteiger charge is -2.27. The molecule has 1 fully saturated rings. The highest BCUT2D eigenvalue weighted by Crippen LogP contribution is 2.24. The van der Waals surface area contributed by atoms with Crippen molar-refractivity contribution >= 4 is 29.0 Å². The largest absolute Gasteiger partial charge is 0.481 e. The van der Waals surface area contributed by atoms with Crippen LogP contribution in [0.5, 0.6) is 5.75 Å². The van der Waals surface area contributed by atoms with E-state index in [0.29, 0.717) is 29.8 Å². The van der Waals surface area contributed by atoms with Gasteiger partial charge in [-0.25, -0.2) is 0 Å². The quantitative estimate of drug-likeness (QED) is 0.251. The predicted octanol–water partition coefficient (Wildman–Crippen LogP) is 3.73. The standard InChI is InChI=1S/C24H30N4O4/c1-16(2)14-21(32-20-7-5-6-17(15-20)23(25)27-31)24(30)26-18-9-11-19(12-10-18)28-13-4-3-8-22(28)29/h5-7,9-12,15-16,21,31H,3-4,8,13-14H2,1-2H3,(H2,25,27)(H,26,30). The van der Waals surface area contributed by atoms with E-state index < -0.39 is 6.10 Å². The number of rotatable bonds is 8. The van der Waals surface area contributed by atoms with Crippen molar-refractivity contribution in [1.82, 2.24) is 0 Å². The number of benzene rings is 2. The number of amidine groups is 1. The number of piperidine rings is 1. The van der Waals surface area contributed by atoms with E-state index in [0.717, 1.165) is 25.1 Å². The van der Waals surface area contributed by atoms with E-state index in [1.807, 2.05) is 26.0 Å². The summed E-state index contributed by atoms with van der Waals surface area (Å²) < 4.78 is 5.97. The zero-order valence-electron chi connectivity index (χ0n) is 18.5. The van der Waals surface area contributed by atoms with E-state index in [9.17, 15) is 9.59 Å². The molecule has 0 aliphatic carbocycles. The highest BCUT2D eigenvalue weighted by Gasteiger charge is 2.23. The molecule has 2 amide bonds. The predicted molar refractivity (Wildman–Crippen MR) is 124 cm³/mol. The third kappa shape index (κ3) is 6.00. The van der Waals surface area contributed by atoms with Crippen molar-refractivity contribution in [2.75, 3.05) is 16.8 Å². The number of carbonyl (C=O) groups excluding carboxylic acids is 2. The SMILES string of the molecule is CC(C)CC(Oc1cccc(/C(N)=N/O)c1)C(=O)Nc1ccc(N2CCCCC2=O)cc1. The molecule has 0 radical (unpaired) electrons. The van der Waals surface area contributed by atoms with Gasteiger partial charge in [0.1, 0.15) is 5.75 Å². The molecule has 3 rings (SSSR count). The minimum atomic E-state index is -0.721. The first kappa shape index (κ1) is 23.1. The van der Waals surface area contributed by atoms with Gasteiger partial charge in [0.15, 0.2) is 11.9 Å². The smallest absolute Gasteiger partial charge is 0.265 e. The van der Waals surface area contributed by atoms with Crippen molar-refractivity contribution in [2.45, 2.75) is 45.6 Å². The Hall–Kier alpha value is -3.55. The lowest BCUT2D eigenvalue weighted by atomic mass is 10.0. The summed E-state index contributed by atoms with van der Waals surface area (Å²) >= 11 is 0. The molecule has 2 aromatic rings. The van der Waals surface area contributed by atoms with E-state index in [-0.39, 0.29) is 23.6 Å². The molecular weight excluding hydrogens is 408 g/mol. The highest BCUT2D eigenvalue weighted by molar-refractivity contribution is 5.98. The van der Waals surface area contributed by atoms with Gasteiger partial charge in [-0.15, -0.1) is 0 Å². The second kappa shape index (κ2) is 10.7. The Kier molecular flexibility index (Phi) is 7.70. The van der Waals surface area contributed by atoms with E-state index in [1.54, 1.807) is 41.3 Å². The summed E-state index contributed by atoms with van der Waals surface area (Å²) in [4.78, 5) is 26.9. The van der Waals surface area contributed by atoms with Gasteiger partial charge in [-0.2, -0.15) is 0 Å². The number of anilines is 2. The first-order valence-electron chi connectivity index (χ1n) is 10.8. The maximum absolute atomic E-state index is 13.0. The van der Waals surface area contributed by atoms with Gasteiger partial charge in [-0.05, 0) is 61.6 Å². The first-order chi connectivity index (χ1) is 15.4. The number of nitrogens with zero attached hydrogens (tertiary/aromatic N) is 2. The van der Waals surface area contributed by atoms with Gasteiger partial charge < -0.3 is 25.9 Å². The summed E-state index contributed by atoms with van der Waals surface area (Å²) in [6.45, 7) is 4.75. The van der Waals surface area contributed by atoms with Gasteiger partial charge in [0.05, 0.1) is 0 Å². The Morgan fingerprint density at radius 3 is 2.62 bits per heavy atom. The van der Waals surface area contributed by atoms with Crippen molar-refractivity contribution in [3.05, 3.63) is 54.1 Å². The first-order valence-corrected chi connectivity index (χ1v) is 10.8. The number of nitrogens with one attached hydrogen (secondary N) is 1. The zero-order valence-corrected chi connectivity index (χ0v) is 18.5. The zero-order chi connectivity index (χ0) is 23.1. The Balaban J connectivity index is 1.70. The van der Waals surface area contributed by atoms with E-state index in [1.165, 1.54) is 0 Å². The van der Waals surface area contributed by atoms with Gasteiger partial charge in [-0.1, -0.05) is 31.1 Å². The molecule has 1 heterocycles. The molecule has 8 nitrogen and oxygen atoms in total. The molecule has 170 valence electrons. The molecule has 0 saturated carbocycles. The van der Waals surface area contributed by atoms with Crippen LogP contribution in [0.15, 0.2) is 53.7 Å². The Labute approximate surface area is 188 Å². The summed E-state index contributed by atoms with van der Waals surface area (Å²) in [5, 5.41) is 14.8. The van der Waals surface area contributed by atoms with E-state index >= 15 is 0 Å². The molecule has 1 unspecified atom stereocenters. The molecule has 1 atom stereocenters. The molecule has 1 aliphatic heterocycles. The van der Waals surface area contributed by atoms with Crippen LogP contribution in [-0.2, 0) is 9.59 Å². The topological polar surface area (TPSA) is 117 Å². The van der Waals surface area contributed by atoms with Crippen LogP contribution in [-0.4, -0.2) is 35.5 Å². The highest BCUT2D eigenvalue weighted by atomic mass is 16.5. The number of hydrogen-bond donors (Lipinski definition) is 3. The van der Waals surface area contributed by atoms with Crippen LogP contribution in [0, 0.1) is 5.92 Å². The Morgan fingerprint density at radius 1 is 1.22 bits per heavy atom. The minimum absolute atomic E-state index is 0.0346. The summed E-state index contributed by atoms with van der Waals surface area (Å²) in [6.07, 6.45) is 2.29. The molecule has 1 saturated heterocycles. The van der Waals surface area contributed by atoms with Crippen LogP contribution in [0.1, 0.15) is 45.1 Å². The van der Waals surface area contributed by atoms with Crippen molar-refractivity contribution in [3.63, 3.8) is 0 Å². The number of carbonyl (C=O) groups is 2. The van der Waals surface area contributed by atoms with Crippen LogP contribution in [0.25, 0.3) is 0 Å². The molecule has 1 aliphatic rings. The lowest BCUT2D eigenvalue weighted by molar-refractivity contribution is -0.123. The summed E-state index contributed by atoms with van der Waals surface area (Å²) in [5.41, 5.74) is 7.62. The third-order valence-electron chi connectivity index (χ3n) is 5.26. The van der Waals surface area contributed by atoms with Gasteiger partial charge >= 0.3 is 0 Å². The Bertz CT molecular complexity index is 972. The molecule has 8 heteroatoms. The van der Waals surface area contributed by atoms with Crippen molar-refractivity contribution in [2.24, 2.45) is 16.8 Å². The number of nitrogens with two attached hydrogens (primary N) is 1. The normalized spacial score (nSPS) is 15.5. The minimum Gasteiger partial charge on any atom is -0.481 e. The van der Waals surface area contributed by atoms with Crippen LogP contribution in [0.2, 0.25) is 0 Å². The maximum Gasteiger partial charge on any atom is 0.265 e. The average molecular weight is 439 g/mol. The second-order valence-corrected chi connectivity index (χ2v) is 8.29. The van der Waals surface area contributed by atoms with Crippen molar-refractivity contribution in [3.8, 4) is 5.75 Å². The summed E-state index contributed by atoms with van der Waals surface area (Å²) in [6, 6.07) is 14.0. The fourth-order valence-corrected chi connectivity index (χ4v) is 3.61. The molecule has 0 aromatic heterocycles. The summed E-state index contributed by atoms with van der Waals surface area (Å²) in [5.74, 6) is 0.509. The molecule has 0 spiro atoms. The number of oxime groups is 1. The van der Waals surface area contributed by atoms with Crippen LogP contribution in [0.4, 0.5) is 11.4 Å².